The number of aryl methyl sites for hydroxylation is 1. The van der Waals surface area contributed by atoms with Crippen LogP contribution in [0.15, 0.2) is 56.5 Å². The van der Waals surface area contributed by atoms with Gasteiger partial charge in [0.05, 0.1) is 11.9 Å². The van der Waals surface area contributed by atoms with E-state index in [1.54, 1.807) is 19.5 Å². The first-order valence-electron chi connectivity index (χ1n) is 15.2. The molecule has 13 nitrogen and oxygen atoms in total. The van der Waals surface area contributed by atoms with Crippen LogP contribution in [0, 0.1) is 0 Å². The van der Waals surface area contributed by atoms with Gasteiger partial charge >= 0.3 is 0 Å². The zero-order chi connectivity index (χ0) is 32.1. The van der Waals surface area contributed by atoms with E-state index in [1.807, 2.05) is 17.0 Å². The molecule has 0 saturated carbocycles. The van der Waals surface area contributed by atoms with E-state index in [2.05, 4.69) is 65.6 Å². The van der Waals surface area contributed by atoms with Crippen molar-refractivity contribution in [2.24, 2.45) is 17.8 Å². The molecule has 3 saturated heterocycles. The highest BCUT2D eigenvalue weighted by Gasteiger charge is 2.29. The van der Waals surface area contributed by atoms with Crippen molar-refractivity contribution in [2.45, 2.75) is 37.3 Å². The molecule has 3 atom stereocenters. The van der Waals surface area contributed by atoms with Crippen molar-refractivity contribution in [3.63, 3.8) is 0 Å². The fourth-order valence-electron chi connectivity index (χ4n) is 6.09. The number of likely N-dealkylation sites (tertiary alicyclic amines) is 1. The van der Waals surface area contributed by atoms with Crippen LogP contribution in [-0.2, 0) is 16.6 Å². The third-order valence-corrected chi connectivity index (χ3v) is 9.38. The number of piperidine rings is 2. The number of amides is 3. The Hall–Kier alpha value is -3.88. The Morgan fingerprint density at radius 1 is 1.13 bits per heavy atom. The molecule has 3 unspecified atom stereocenters. The highest BCUT2D eigenvalue weighted by atomic mass is 79.9. The van der Waals surface area contributed by atoms with Gasteiger partial charge in [-0.25, -0.2) is 4.68 Å². The highest BCUT2D eigenvalue weighted by Crippen LogP contribution is 2.29. The van der Waals surface area contributed by atoms with Gasteiger partial charge < -0.3 is 20.9 Å². The van der Waals surface area contributed by atoms with E-state index in [0.717, 1.165) is 25.1 Å². The Kier molecular flexibility index (Phi) is 10.5. The van der Waals surface area contributed by atoms with Gasteiger partial charge in [0.1, 0.15) is 10.5 Å². The van der Waals surface area contributed by atoms with Crippen molar-refractivity contribution in [3.8, 4) is 0 Å². The minimum Gasteiger partial charge on any atom is -0.404 e. The standard InChI is InChI=1S/C31H40BrN9O4/c1-38-18-23(13-24(19-38)36-26-16-35-39(2)31(45)28(26)32)21-3-5-22(6-4-21)30(44)41-11-9-40(10-12-41)17-20(14-33)15-34-25-7-8-27(42)37-29(25)43/h3-6,14-16,23-25,36H,7-13,17-19,33H2,1-2H3,(H,37,42,43)/b20-14+,34-15?. The Labute approximate surface area is 270 Å². The zero-order valence-electron chi connectivity index (χ0n) is 25.6. The summed E-state index contributed by atoms with van der Waals surface area (Å²) in [4.78, 5) is 59.6. The average molecular weight is 683 g/mol. The maximum atomic E-state index is 13.3. The van der Waals surface area contributed by atoms with Gasteiger partial charge in [-0.3, -0.25) is 34.4 Å². The number of likely N-dealkylation sites (N-methyl/N-ethyl adjacent to an activating group) is 1. The van der Waals surface area contributed by atoms with Crippen LogP contribution in [0.25, 0.3) is 0 Å². The number of hydrogen-bond donors (Lipinski definition) is 3. The number of imide groups is 1. The van der Waals surface area contributed by atoms with Crippen molar-refractivity contribution in [2.75, 3.05) is 58.2 Å². The van der Waals surface area contributed by atoms with E-state index in [9.17, 15) is 19.2 Å². The van der Waals surface area contributed by atoms with Crippen LogP contribution in [0.1, 0.15) is 41.1 Å². The van der Waals surface area contributed by atoms with Crippen molar-refractivity contribution in [3.05, 3.63) is 68.2 Å². The van der Waals surface area contributed by atoms with Crippen LogP contribution in [-0.4, -0.2) is 113 Å². The molecule has 3 aliphatic heterocycles. The molecule has 45 heavy (non-hydrogen) atoms. The van der Waals surface area contributed by atoms with E-state index in [4.69, 9.17) is 5.73 Å². The van der Waals surface area contributed by atoms with Gasteiger partial charge in [0.2, 0.25) is 5.91 Å². The number of carbonyl (C=O) groups excluding carboxylic acids is 3. The lowest BCUT2D eigenvalue weighted by molar-refractivity contribution is -0.133. The van der Waals surface area contributed by atoms with Gasteiger partial charge in [0.25, 0.3) is 17.4 Å². The summed E-state index contributed by atoms with van der Waals surface area (Å²) in [6.45, 7) is 4.87. The molecule has 4 heterocycles. The maximum absolute atomic E-state index is 13.3. The van der Waals surface area contributed by atoms with Gasteiger partial charge in [-0.2, -0.15) is 5.10 Å². The molecule has 3 fully saturated rings. The number of carbonyl (C=O) groups is 3. The van der Waals surface area contributed by atoms with Gasteiger partial charge in [-0.1, -0.05) is 12.1 Å². The maximum Gasteiger partial charge on any atom is 0.282 e. The Morgan fingerprint density at radius 2 is 1.87 bits per heavy atom. The monoisotopic (exact) mass is 681 g/mol. The second kappa shape index (κ2) is 14.5. The first kappa shape index (κ1) is 32.5. The van der Waals surface area contributed by atoms with Crippen molar-refractivity contribution < 1.29 is 14.4 Å². The van der Waals surface area contributed by atoms with Gasteiger partial charge in [-0.05, 0) is 71.2 Å². The second-order valence-corrected chi connectivity index (χ2v) is 12.8. The first-order valence-corrected chi connectivity index (χ1v) is 16.0. The van der Waals surface area contributed by atoms with Gasteiger partial charge in [0, 0.05) is 77.1 Å². The molecule has 1 aromatic carbocycles. The lowest BCUT2D eigenvalue weighted by atomic mass is 9.87. The number of piperazine rings is 1. The first-order chi connectivity index (χ1) is 21.6. The number of nitrogens with zero attached hydrogens (tertiary/aromatic N) is 6. The van der Waals surface area contributed by atoms with Crippen LogP contribution in [0.3, 0.4) is 0 Å². The quantitative estimate of drug-likeness (QED) is 0.272. The largest absolute Gasteiger partial charge is 0.404 e. The molecule has 3 amide bonds. The molecule has 240 valence electrons. The highest BCUT2D eigenvalue weighted by molar-refractivity contribution is 9.10. The summed E-state index contributed by atoms with van der Waals surface area (Å²) in [5.74, 6) is -0.363. The second-order valence-electron chi connectivity index (χ2n) is 12.0. The molecule has 1 aromatic heterocycles. The fourth-order valence-corrected chi connectivity index (χ4v) is 6.56. The van der Waals surface area contributed by atoms with E-state index < -0.39 is 6.04 Å². The minimum absolute atomic E-state index is 0.0125. The molecule has 2 aromatic rings. The summed E-state index contributed by atoms with van der Waals surface area (Å²) >= 11 is 3.41. The van der Waals surface area contributed by atoms with E-state index >= 15 is 0 Å². The number of halogens is 1. The Morgan fingerprint density at radius 3 is 2.56 bits per heavy atom. The molecule has 0 bridgehead atoms. The van der Waals surface area contributed by atoms with E-state index in [-0.39, 0.29) is 41.7 Å². The van der Waals surface area contributed by atoms with Crippen LogP contribution in [0.4, 0.5) is 5.69 Å². The normalized spacial score (nSPS) is 23.8. The summed E-state index contributed by atoms with van der Waals surface area (Å²) in [5, 5.41) is 9.94. The number of anilines is 1. The molecule has 0 aliphatic carbocycles. The molecule has 14 heteroatoms. The van der Waals surface area contributed by atoms with Crippen molar-refractivity contribution in [1.82, 2.24) is 29.8 Å². The molecule has 5 rings (SSSR count). The van der Waals surface area contributed by atoms with Gasteiger partial charge in [-0.15, -0.1) is 0 Å². The fraction of sp³-hybridized carbons (Fsp3) is 0.484. The Balaban J connectivity index is 1.12. The predicted octanol–water partition coefficient (Wildman–Crippen LogP) is 0.919. The van der Waals surface area contributed by atoms with E-state index in [0.29, 0.717) is 54.9 Å². The zero-order valence-corrected chi connectivity index (χ0v) is 27.2. The molecule has 0 spiro atoms. The van der Waals surface area contributed by atoms with E-state index in [1.165, 1.54) is 16.4 Å². The van der Waals surface area contributed by atoms with Gasteiger partial charge in [0.15, 0.2) is 0 Å². The number of nitrogens with two attached hydrogens (primary N) is 1. The van der Waals surface area contributed by atoms with Crippen LogP contribution in [0.2, 0.25) is 0 Å². The molecular formula is C31H40BrN9O4. The number of hydrogen-bond acceptors (Lipinski definition) is 10. The SMILES string of the molecule is CN1CC(Nc2cnn(C)c(=O)c2Br)CC(c2ccc(C(=O)N3CCN(C/C(C=NC4CCC(=O)NC4=O)=C/N)CC3)cc2)C1. The number of aliphatic imine (C=N–C) groups is 1. The summed E-state index contributed by atoms with van der Waals surface area (Å²) in [6.07, 6.45) is 6.32. The lowest BCUT2D eigenvalue weighted by Crippen LogP contribution is -2.49. The summed E-state index contributed by atoms with van der Waals surface area (Å²) in [7, 11) is 3.71. The smallest absolute Gasteiger partial charge is 0.282 e. The molecule has 3 aliphatic rings. The number of aromatic nitrogens is 2. The summed E-state index contributed by atoms with van der Waals surface area (Å²) in [6, 6.07) is 7.50. The molecule has 4 N–H and O–H groups in total. The van der Waals surface area contributed by atoms with Crippen molar-refractivity contribution in [1.29, 1.82) is 0 Å². The van der Waals surface area contributed by atoms with Crippen LogP contribution in [0.5, 0.6) is 0 Å². The summed E-state index contributed by atoms with van der Waals surface area (Å²) in [5.41, 5.74) is 8.95. The minimum atomic E-state index is -0.582. The topological polar surface area (TPSA) is 158 Å². The third-order valence-electron chi connectivity index (χ3n) is 8.61. The average Bonchev–Trinajstić information content (AvgIpc) is 3.04. The molecule has 0 radical (unpaired) electrons. The number of rotatable bonds is 8. The Bertz CT molecular complexity index is 1530. The number of benzene rings is 1. The third kappa shape index (κ3) is 8.05. The lowest BCUT2D eigenvalue weighted by Gasteiger charge is -2.37. The predicted molar refractivity (Wildman–Crippen MR) is 175 cm³/mol. The van der Waals surface area contributed by atoms with Crippen LogP contribution < -0.4 is 21.9 Å². The number of nitrogens with one attached hydrogen (secondary N) is 2. The van der Waals surface area contributed by atoms with Crippen LogP contribution >= 0.6 is 15.9 Å². The van der Waals surface area contributed by atoms with Crippen molar-refractivity contribution >= 4 is 45.6 Å². The summed E-state index contributed by atoms with van der Waals surface area (Å²) < 4.78 is 1.77. The molecular weight excluding hydrogens is 642 g/mol.